The normalized spacial score (nSPS) is 10.3. The molecule has 0 heterocycles. The molecule has 0 saturated heterocycles. The number of carbonyl (C=O) groups excluding carboxylic acids is 2. The highest BCUT2D eigenvalue weighted by Gasteiger charge is 2.16. The Labute approximate surface area is 138 Å². The van der Waals surface area contributed by atoms with Crippen LogP contribution in [-0.2, 0) is 0 Å². The van der Waals surface area contributed by atoms with Gasteiger partial charge in [0.1, 0.15) is 0 Å². The SMILES string of the molecule is CC(C)NC(=O)c1ccccc1NC(=O)c1cccc([N+](=O)[O-])c1. The summed E-state index contributed by atoms with van der Waals surface area (Å²) in [7, 11) is 0. The fourth-order valence-electron chi connectivity index (χ4n) is 2.09. The van der Waals surface area contributed by atoms with Gasteiger partial charge in [0.2, 0.25) is 0 Å². The number of benzene rings is 2. The van der Waals surface area contributed by atoms with Crippen molar-refractivity contribution >= 4 is 23.2 Å². The van der Waals surface area contributed by atoms with Crippen molar-refractivity contribution in [2.24, 2.45) is 0 Å². The molecule has 0 aliphatic heterocycles. The van der Waals surface area contributed by atoms with Crippen molar-refractivity contribution < 1.29 is 14.5 Å². The maximum Gasteiger partial charge on any atom is 0.270 e. The first-order chi connectivity index (χ1) is 11.4. The van der Waals surface area contributed by atoms with Gasteiger partial charge in [-0.3, -0.25) is 19.7 Å². The second kappa shape index (κ2) is 7.36. The Kier molecular flexibility index (Phi) is 5.26. The minimum absolute atomic E-state index is 0.0435. The molecule has 2 rings (SSSR count). The van der Waals surface area contributed by atoms with Gasteiger partial charge in [0, 0.05) is 23.7 Å². The van der Waals surface area contributed by atoms with Crippen LogP contribution in [0.15, 0.2) is 48.5 Å². The highest BCUT2D eigenvalue weighted by Crippen LogP contribution is 2.18. The molecule has 2 N–H and O–H groups in total. The number of nitrogens with one attached hydrogen (secondary N) is 2. The number of nitro benzene ring substituents is 1. The van der Waals surface area contributed by atoms with Crippen LogP contribution in [0.5, 0.6) is 0 Å². The summed E-state index contributed by atoms with van der Waals surface area (Å²) in [4.78, 5) is 34.7. The van der Waals surface area contributed by atoms with Crippen LogP contribution in [0.3, 0.4) is 0 Å². The average Bonchev–Trinajstić information content (AvgIpc) is 2.54. The minimum Gasteiger partial charge on any atom is -0.350 e. The number of carbonyl (C=O) groups is 2. The van der Waals surface area contributed by atoms with Gasteiger partial charge in [-0.25, -0.2) is 0 Å². The van der Waals surface area contributed by atoms with Crippen LogP contribution in [0.4, 0.5) is 11.4 Å². The van der Waals surface area contributed by atoms with Gasteiger partial charge in [-0.15, -0.1) is 0 Å². The predicted octanol–water partition coefficient (Wildman–Crippen LogP) is 2.99. The topological polar surface area (TPSA) is 101 Å². The smallest absolute Gasteiger partial charge is 0.270 e. The molecule has 0 fully saturated rings. The summed E-state index contributed by atoms with van der Waals surface area (Å²) in [6.45, 7) is 3.67. The Balaban J connectivity index is 2.25. The number of amides is 2. The van der Waals surface area contributed by atoms with Crippen LogP contribution in [0.2, 0.25) is 0 Å². The molecule has 7 nitrogen and oxygen atoms in total. The molecule has 2 amide bonds. The first-order valence-corrected chi connectivity index (χ1v) is 7.34. The Hall–Kier alpha value is -3.22. The summed E-state index contributed by atoms with van der Waals surface area (Å²) in [6, 6.07) is 11.9. The zero-order valence-corrected chi connectivity index (χ0v) is 13.3. The van der Waals surface area contributed by atoms with E-state index in [1.54, 1.807) is 24.3 Å². The van der Waals surface area contributed by atoms with Crippen molar-refractivity contribution in [1.82, 2.24) is 5.32 Å². The van der Waals surface area contributed by atoms with Gasteiger partial charge in [0.05, 0.1) is 16.2 Å². The zero-order chi connectivity index (χ0) is 17.7. The number of hydrogen-bond acceptors (Lipinski definition) is 4. The summed E-state index contributed by atoms with van der Waals surface area (Å²) in [5.74, 6) is -0.830. The van der Waals surface area contributed by atoms with E-state index in [1.807, 2.05) is 13.8 Å². The predicted molar refractivity (Wildman–Crippen MR) is 90.1 cm³/mol. The third-order valence-corrected chi connectivity index (χ3v) is 3.16. The minimum atomic E-state index is -0.569. The van der Waals surface area contributed by atoms with Crippen LogP contribution in [-0.4, -0.2) is 22.8 Å². The van der Waals surface area contributed by atoms with Crippen molar-refractivity contribution in [2.45, 2.75) is 19.9 Å². The molecule has 2 aromatic carbocycles. The fourth-order valence-corrected chi connectivity index (χ4v) is 2.09. The summed E-state index contributed by atoms with van der Waals surface area (Å²) in [6.07, 6.45) is 0. The Morgan fingerprint density at radius 3 is 2.42 bits per heavy atom. The van der Waals surface area contributed by atoms with Crippen LogP contribution in [0.25, 0.3) is 0 Å². The number of hydrogen-bond donors (Lipinski definition) is 2. The van der Waals surface area contributed by atoms with Crippen molar-refractivity contribution in [3.8, 4) is 0 Å². The van der Waals surface area contributed by atoms with E-state index in [4.69, 9.17) is 0 Å². The number of nitrogens with zero attached hydrogens (tertiary/aromatic N) is 1. The molecule has 0 unspecified atom stereocenters. The Bertz CT molecular complexity index is 787. The second-order valence-corrected chi connectivity index (χ2v) is 5.44. The lowest BCUT2D eigenvalue weighted by Gasteiger charge is -2.13. The zero-order valence-electron chi connectivity index (χ0n) is 13.3. The van der Waals surface area contributed by atoms with Gasteiger partial charge in [-0.2, -0.15) is 0 Å². The monoisotopic (exact) mass is 327 g/mol. The van der Waals surface area contributed by atoms with Gasteiger partial charge in [-0.1, -0.05) is 18.2 Å². The standard InChI is InChI=1S/C17H17N3O4/c1-11(2)18-17(22)14-8-3-4-9-15(14)19-16(21)12-6-5-7-13(10-12)20(23)24/h3-11H,1-2H3,(H,18,22)(H,19,21). The summed E-state index contributed by atoms with van der Waals surface area (Å²) >= 11 is 0. The Morgan fingerprint density at radius 1 is 1.04 bits per heavy atom. The molecule has 0 saturated carbocycles. The molecular weight excluding hydrogens is 310 g/mol. The molecule has 7 heteroatoms. The molecule has 0 aromatic heterocycles. The van der Waals surface area contributed by atoms with Crippen molar-refractivity contribution in [2.75, 3.05) is 5.32 Å². The van der Waals surface area contributed by atoms with Crippen molar-refractivity contribution in [3.05, 3.63) is 69.8 Å². The van der Waals surface area contributed by atoms with E-state index in [2.05, 4.69) is 10.6 Å². The molecule has 0 atom stereocenters. The maximum absolute atomic E-state index is 12.3. The van der Waals surface area contributed by atoms with E-state index >= 15 is 0 Å². The van der Waals surface area contributed by atoms with Crippen LogP contribution >= 0.6 is 0 Å². The van der Waals surface area contributed by atoms with Crippen LogP contribution < -0.4 is 10.6 Å². The summed E-state index contributed by atoms with van der Waals surface area (Å²) < 4.78 is 0. The molecule has 0 bridgehead atoms. The van der Waals surface area contributed by atoms with E-state index in [-0.39, 0.29) is 23.2 Å². The summed E-state index contributed by atoms with van der Waals surface area (Å²) in [5, 5.41) is 16.2. The van der Waals surface area contributed by atoms with Gasteiger partial charge in [0.25, 0.3) is 17.5 Å². The highest BCUT2D eigenvalue weighted by atomic mass is 16.6. The molecule has 0 aliphatic carbocycles. The number of anilines is 1. The van der Waals surface area contributed by atoms with Crippen LogP contribution in [0.1, 0.15) is 34.6 Å². The quantitative estimate of drug-likeness (QED) is 0.651. The fraction of sp³-hybridized carbons (Fsp3) is 0.176. The third-order valence-electron chi connectivity index (χ3n) is 3.16. The Morgan fingerprint density at radius 2 is 1.75 bits per heavy atom. The number of non-ortho nitro benzene ring substituents is 1. The molecular formula is C17H17N3O4. The first kappa shape index (κ1) is 17.1. The van der Waals surface area contributed by atoms with E-state index in [0.29, 0.717) is 11.3 Å². The molecule has 124 valence electrons. The average molecular weight is 327 g/mol. The van der Waals surface area contributed by atoms with E-state index < -0.39 is 10.8 Å². The molecule has 2 aromatic rings. The largest absolute Gasteiger partial charge is 0.350 e. The van der Waals surface area contributed by atoms with E-state index in [0.717, 1.165) is 0 Å². The lowest BCUT2D eigenvalue weighted by atomic mass is 10.1. The third kappa shape index (κ3) is 4.16. The van der Waals surface area contributed by atoms with Gasteiger partial charge in [0.15, 0.2) is 0 Å². The maximum atomic E-state index is 12.3. The number of nitro groups is 1. The van der Waals surface area contributed by atoms with E-state index in [1.165, 1.54) is 24.3 Å². The van der Waals surface area contributed by atoms with Gasteiger partial charge in [-0.05, 0) is 32.0 Å². The number of para-hydroxylation sites is 1. The summed E-state index contributed by atoms with van der Waals surface area (Å²) in [5.41, 5.74) is 0.633. The lowest BCUT2D eigenvalue weighted by molar-refractivity contribution is -0.384. The first-order valence-electron chi connectivity index (χ1n) is 7.34. The molecule has 24 heavy (non-hydrogen) atoms. The van der Waals surface area contributed by atoms with Crippen molar-refractivity contribution in [3.63, 3.8) is 0 Å². The van der Waals surface area contributed by atoms with E-state index in [9.17, 15) is 19.7 Å². The highest BCUT2D eigenvalue weighted by molar-refractivity contribution is 6.09. The lowest BCUT2D eigenvalue weighted by Crippen LogP contribution is -2.31. The molecule has 0 aliphatic rings. The van der Waals surface area contributed by atoms with Gasteiger partial charge >= 0.3 is 0 Å². The van der Waals surface area contributed by atoms with Crippen LogP contribution in [0, 0.1) is 10.1 Å². The molecule has 0 spiro atoms. The number of rotatable bonds is 5. The second-order valence-electron chi connectivity index (χ2n) is 5.44. The van der Waals surface area contributed by atoms with Gasteiger partial charge < -0.3 is 10.6 Å². The molecule has 0 radical (unpaired) electrons. The van der Waals surface area contributed by atoms with Crippen molar-refractivity contribution in [1.29, 1.82) is 0 Å².